The predicted molar refractivity (Wildman–Crippen MR) is 104 cm³/mol. The highest BCUT2D eigenvalue weighted by atomic mass is 16.6. The van der Waals surface area contributed by atoms with Gasteiger partial charge in [-0.1, -0.05) is 18.2 Å². The van der Waals surface area contributed by atoms with Crippen LogP contribution in [0.1, 0.15) is 11.5 Å². The van der Waals surface area contributed by atoms with Crippen LogP contribution in [0.4, 0.5) is 11.5 Å². The number of nitrogens with one attached hydrogen (secondary N) is 1. The van der Waals surface area contributed by atoms with Gasteiger partial charge in [0.15, 0.2) is 11.5 Å². The number of aryl methyl sites for hydroxylation is 1. The number of rotatable bonds is 6. The molecule has 0 saturated heterocycles. The number of pyridine rings is 1. The van der Waals surface area contributed by atoms with E-state index in [1.165, 1.54) is 12.1 Å². The van der Waals surface area contributed by atoms with E-state index >= 15 is 0 Å². The topological polar surface area (TPSA) is 111 Å². The van der Waals surface area contributed by atoms with Gasteiger partial charge in [0.05, 0.1) is 4.92 Å². The van der Waals surface area contributed by atoms with Gasteiger partial charge < -0.3 is 5.32 Å². The van der Waals surface area contributed by atoms with Gasteiger partial charge in [0.2, 0.25) is 0 Å². The number of nitro benzene ring substituents is 1. The summed E-state index contributed by atoms with van der Waals surface area (Å²) in [7, 11) is 0. The third kappa shape index (κ3) is 3.63. The highest BCUT2D eigenvalue weighted by molar-refractivity contribution is 5.61. The van der Waals surface area contributed by atoms with Crippen LogP contribution in [0.5, 0.6) is 0 Å². The fourth-order valence-corrected chi connectivity index (χ4v) is 2.91. The largest absolute Gasteiger partial charge is 0.369 e. The van der Waals surface area contributed by atoms with Crippen LogP contribution < -0.4 is 5.32 Å². The maximum atomic E-state index is 11.0. The van der Waals surface area contributed by atoms with Crippen molar-refractivity contribution in [3.63, 3.8) is 0 Å². The highest BCUT2D eigenvalue weighted by Crippen LogP contribution is 2.22. The molecule has 0 amide bonds. The van der Waals surface area contributed by atoms with Gasteiger partial charge in [0.1, 0.15) is 11.6 Å². The third-order valence-corrected chi connectivity index (χ3v) is 4.21. The van der Waals surface area contributed by atoms with Crippen LogP contribution in [-0.2, 0) is 6.42 Å². The van der Waals surface area contributed by atoms with E-state index < -0.39 is 4.92 Å². The van der Waals surface area contributed by atoms with E-state index in [0.29, 0.717) is 30.2 Å². The average Bonchev–Trinajstić information content (AvgIpc) is 3.11. The number of nitrogens with zero attached hydrogens (tertiary/aromatic N) is 6. The van der Waals surface area contributed by atoms with Gasteiger partial charge in [-0.05, 0) is 19.1 Å². The first-order valence-corrected chi connectivity index (χ1v) is 8.73. The summed E-state index contributed by atoms with van der Waals surface area (Å²) in [6.07, 6.45) is 2.60. The number of hydrogen-bond acceptors (Lipinski definition) is 7. The van der Waals surface area contributed by atoms with Crippen LogP contribution in [-0.4, -0.2) is 36.0 Å². The molecule has 0 spiro atoms. The Hall–Kier alpha value is -3.88. The minimum atomic E-state index is -0.429. The molecule has 4 rings (SSSR count). The molecule has 4 aromatic rings. The van der Waals surface area contributed by atoms with Crippen molar-refractivity contribution in [1.82, 2.24) is 24.6 Å². The Kier molecular flexibility index (Phi) is 4.63. The van der Waals surface area contributed by atoms with E-state index in [1.54, 1.807) is 12.1 Å². The normalized spacial score (nSPS) is 10.9. The van der Waals surface area contributed by atoms with Gasteiger partial charge in [-0.25, -0.2) is 9.97 Å². The van der Waals surface area contributed by atoms with E-state index in [9.17, 15) is 10.1 Å². The Morgan fingerprint density at radius 2 is 2.00 bits per heavy atom. The first-order chi connectivity index (χ1) is 13.6. The fourth-order valence-electron chi connectivity index (χ4n) is 2.91. The summed E-state index contributed by atoms with van der Waals surface area (Å²) >= 11 is 0. The van der Waals surface area contributed by atoms with Gasteiger partial charge in [-0.3, -0.25) is 14.5 Å². The van der Waals surface area contributed by atoms with Crippen LogP contribution in [0.2, 0.25) is 0 Å². The minimum absolute atomic E-state index is 0.0100. The Morgan fingerprint density at radius 1 is 1.11 bits per heavy atom. The summed E-state index contributed by atoms with van der Waals surface area (Å²) in [6, 6.07) is 13.9. The molecule has 1 aromatic carbocycles. The van der Waals surface area contributed by atoms with E-state index in [0.717, 1.165) is 17.2 Å². The summed E-state index contributed by atoms with van der Waals surface area (Å²) in [5.74, 6) is 1.95. The van der Waals surface area contributed by atoms with E-state index in [2.05, 4.69) is 25.5 Å². The van der Waals surface area contributed by atoms with Crippen LogP contribution in [0.15, 0.2) is 54.7 Å². The molecule has 0 aliphatic heterocycles. The highest BCUT2D eigenvalue weighted by Gasteiger charge is 2.11. The minimum Gasteiger partial charge on any atom is -0.369 e. The SMILES string of the molecule is Cc1cc(NCCc2nnc3ccccn23)nc(-c2cccc([N+](=O)[O-])c2)n1. The molecule has 0 fully saturated rings. The third-order valence-electron chi connectivity index (χ3n) is 4.21. The van der Waals surface area contributed by atoms with Crippen molar-refractivity contribution < 1.29 is 4.92 Å². The molecule has 0 radical (unpaired) electrons. The average molecular weight is 375 g/mol. The molecule has 0 unspecified atom stereocenters. The Bertz CT molecular complexity index is 1160. The summed E-state index contributed by atoms with van der Waals surface area (Å²) in [6.45, 7) is 2.47. The predicted octanol–water partition coefficient (Wildman–Crippen LogP) is 3.06. The standard InChI is InChI=1S/C19H17N7O2/c1-13-11-16(20-9-8-18-24-23-17-7-2-3-10-25(17)18)22-19(21-13)14-5-4-6-15(12-14)26(27)28/h2-7,10-12H,8-9H2,1H3,(H,20,21,22). The number of benzene rings is 1. The molecule has 28 heavy (non-hydrogen) atoms. The van der Waals surface area contributed by atoms with Crippen molar-refractivity contribution in [3.05, 3.63) is 76.4 Å². The second-order valence-electron chi connectivity index (χ2n) is 6.25. The Balaban J connectivity index is 1.51. The van der Waals surface area contributed by atoms with E-state index in [-0.39, 0.29) is 5.69 Å². The van der Waals surface area contributed by atoms with Crippen molar-refractivity contribution in [2.24, 2.45) is 0 Å². The van der Waals surface area contributed by atoms with Gasteiger partial charge in [0.25, 0.3) is 5.69 Å². The molecule has 0 atom stereocenters. The van der Waals surface area contributed by atoms with E-state index in [1.807, 2.05) is 41.8 Å². The molecule has 0 aliphatic rings. The lowest BCUT2D eigenvalue weighted by Crippen LogP contribution is -2.09. The first-order valence-electron chi connectivity index (χ1n) is 8.73. The summed E-state index contributed by atoms with van der Waals surface area (Å²) in [5, 5.41) is 22.6. The van der Waals surface area contributed by atoms with Crippen LogP contribution in [0.25, 0.3) is 17.0 Å². The van der Waals surface area contributed by atoms with E-state index in [4.69, 9.17) is 0 Å². The molecular weight excluding hydrogens is 358 g/mol. The fraction of sp³-hybridized carbons (Fsp3) is 0.158. The van der Waals surface area contributed by atoms with Crippen molar-refractivity contribution in [2.75, 3.05) is 11.9 Å². The lowest BCUT2D eigenvalue weighted by atomic mass is 10.2. The van der Waals surface area contributed by atoms with Crippen LogP contribution in [0, 0.1) is 17.0 Å². The molecule has 1 N–H and O–H groups in total. The molecule has 0 aliphatic carbocycles. The van der Waals surface area contributed by atoms with Gasteiger partial charge >= 0.3 is 0 Å². The smallest absolute Gasteiger partial charge is 0.270 e. The molecule has 0 bridgehead atoms. The molecule has 3 heterocycles. The van der Waals surface area contributed by atoms with Gasteiger partial charge in [-0.2, -0.15) is 0 Å². The van der Waals surface area contributed by atoms with Crippen LogP contribution in [0.3, 0.4) is 0 Å². The molecular formula is C19H17N7O2. The second-order valence-corrected chi connectivity index (χ2v) is 6.25. The summed E-state index contributed by atoms with van der Waals surface area (Å²) < 4.78 is 1.95. The zero-order chi connectivity index (χ0) is 19.5. The number of non-ortho nitro benzene ring substituents is 1. The van der Waals surface area contributed by atoms with Gasteiger partial charge in [0, 0.05) is 48.6 Å². The molecule has 0 saturated carbocycles. The lowest BCUT2D eigenvalue weighted by molar-refractivity contribution is -0.384. The quantitative estimate of drug-likeness (QED) is 0.407. The van der Waals surface area contributed by atoms with Gasteiger partial charge in [-0.15, -0.1) is 10.2 Å². The Morgan fingerprint density at radius 3 is 2.86 bits per heavy atom. The van der Waals surface area contributed by atoms with Crippen molar-refractivity contribution in [3.8, 4) is 11.4 Å². The number of fused-ring (bicyclic) bond motifs is 1. The Labute approximate surface area is 160 Å². The molecule has 3 aromatic heterocycles. The molecule has 9 heteroatoms. The lowest BCUT2D eigenvalue weighted by Gasteiger charge is -2.08. The zero-order valence-corrected chi connectivity index (χ0v) is 15.1. The molecule has 140 valence electrons. The maximum absolute atomic E-state index is 11.0. The zero-order valence-electron chi connectivity index (χ0n) is 15.1. The first kappa shape index (κ1) is 17.5. The monoisotopic (exact) mass is 375 g/mol. The second kappa shape index (κ2) is 7.39. The molecule has 9 nitrogen and oxygen atoms in total. The maximum Gasteiger partial charge on any atom is 0.270 e. The summed E-state index contributed by atoms with van der Waals surface area (Å²) in [5.41, 5.74) is 2.19. The van der Waals surface area contributed by atoms with Crippen molar-refractivity contribution >= 4 is 17.2 Å². The number of nitro groups is 1. The summed E-state index contributed by atoms with van der Waals surface area (Å²) in [4.78, 5) is 19.5. The van der Waals surface area contributed by atoms with Crippen molar-refractivity contribution in [1.29, 1.82) is 0 Å². The number of hydrogen-bond donors (Lipinski definition) is 1. The number of anilines is 1. The van der Waals surface area contributed by atoms with Crippen molar-refractivity contribution in [2.45, 2.75) is 13.3 Å². The van der Waals surface area contributed by atoms with Crippen LogP contribution >= 0.6 is 0 Å². The number of aromatic nitrogens is 5.